The van der Waals surface area contributed by atoms with E-state index in [0.29, 0.717) is 0 Å². The van der Waals surface area contributed by atoms with E-state index in [4.69, 9.17) is 0 Å². The molecule has 60 heavy (non-hydrogen) atoms. The summed E-state index contributed by atoms with van der Waals surface area (Å²) in [4.78, 5) is 2.44. The predicted octanol–water partition coefficient (Wildman–Crippen LogP) is 16.1. The number of anilines is 3. The van der Waals surface area contributed by atoms with Crippen LogP contribution >= 0.6 is 0 Å². The van der Waals surface area contributed by atoms with Crippen molar-refractivity contribution in [2.45, 2.75) is 0 Å². The fraction of sp³-hybridized carbons (Fsp3) is 0. The van der Waals surface area contributed by atoms with E-state index in [9.17, 15) is 0 Å². The molecule has 0 unspecified atom stereocenters. The largest absolute Gasteiger partial charge is 0.310 e. The van der Waals surface area contributed by atoms with Gasteiger partial charge in [-0.2, -0.15) is 0 Å². The Kier molecular flexibility index (Phi) is 8.87. The van der Waals surface area contributed by atoms with E-state index >= 15 is 0 Å². The fourth-order valence-electron chi connectivity index (χ4n) is 9.08. The van der Waals surface area contributed by atoms with Crippen molar-refractivity contribution in [2.75, 3.05) is 4.90 Å². The molecule has 2 heteroatoms. The summed E-state index contributed by atoms with van der Waals surface area (Å²) in [5.41, 5.74) is 16.3. The predicted molar refractivity (Wildman–Crippen MR) is 255 cm³/mol. The minimum atomic E-state index is 1.08. The lowest BCUT2D eigenvalue weighted by Crippen LogP contribution is -2.11. The van der Waals surface area contributed by atoms with Crippen molar-refractivity contribution in [3.63, 3.8) is 0 Å². The average molecular weight is 765 g/mol. The molecular formula is C58H40N2. The highest BCUT2D eigenvalue weighted by atomic mass is 15.1. The minimum Gasteiger partial charge on any atom is -0.310 e. The summed E-state index contributed by atoms with van der Waals surface area (Å²) in [5, 5.41) is 4.95. The van der Waals surface area contributed by atoms with Gasteiger partial charge in [0.2, 0.25) is 0 Å². The van der Waals surface area contributed by atoms with Crippen molar-refractivity contribution in [1.82, 2.24) is 4.57 Å². The van der Waals surface area contributed by atoms with Crippen LogP contribution in [0, 0.1) is 0 Å². The van der Waals surface area contributed by atoms with E-state index in [1.54, 1.807) is 0 Å². The van der Waals surface area contributed by atoms with Crippen LogP contribution in [0.4, 0.5) is 17.1 Å². The number of rotatable bonds is 8. The number of benzene rings is 10. The molecule has 11 rings (SSSR count). The van der Waals surface area contributed by atoms with E-state index < -0.39 is 0 Å². The summed E-state index contributed by atoms with van der Waals surface area (Å²) in [5.74, 6) is 0. The Morgan fingerprint density at radius 1 is 0.283 bits per heavy atom. The quantitative estimate of drug-likeness (QED) is 0.150. The van der Waals surface area contributed by atoms with E-state index in [-0.39, 0.29) is 0 Å². The molecule has 2 nitrogen and oxygen atoms in total. The van der Waals surface area contributed by atoms with Crippen molar-refractivity contribution in [1.29, 1.82) is 0 Å². The van der Waals surface area contributed by atoms with Crippen LogP contribution in [0.15, 0.2) is 243 Å². The van der Waals surface area contributed by atoms with Gasteiger partial charge in [0.15, 0.2) is 0 Å². The molecule has 0 atom stereocenters. The van der Waals surface area contributed by atoms with Gasteiger partial charge in [-0.15, -0.1) is 0 Å². The van der Waals surface area contributed by atoms with Crippen molar-refractivity contribution in [3.05, 3.63) is 243 Å². The van der Waals surface area contributed by atoms with Crippen LogP contribution in [-0.4, -0.2) is 4.57 Å². The molecule has 10 aromatic carbocycles. The molecule has 0 amide bonds. The highest BCUT2D eigenvalue weighted by molar-refractivity contribution is 6.11. The number of hydrogen-bond acceptors (Lipinski definition) is 1. The Morgan fingerprint density at radius 2 is 0.783 bits per heavy atom. The first-order valence-corrected chi connectivity index (χ1v) is 20.6. The lowest BCUT2D eigenvalue weighted by Gasteiger charge is -2.29. The second-order valence-electron chi connectivity index (χ2n) is 15.3. The van der Waals surface area contributed by atoms with Gasteiger partial charge in [0.1, 0.15) is 0 Å². The molecule has 282 valence electrons. The summed E-state index contributed by atoms with van der Waals surface area (Å²) in [7, 11) is 0. The van der Waals surface area contributed by atoms with Gasteiger partial charge < -0.3 is 9.47 Å². The number of nitrogens with zero attached hydrogens (tertiary/aromatic N) is 2. The maximum atomic E-state index is 2.44. The molecule has 11 aromatic rings. The van der Waals surface area contributed by atoms with Crippen LogP contribution in [0.25, 0.3) is 82.8 Å². The standard InChI is InChI=1S/C58H40N2/c1-3-18-41(19-4-1)49-25-9-10-26-50(49)51-27-11-12-28-52(51)53-29-13-15-32-56(53)59(45-36-34-43(35-37-45)48-31-17-21-42-20-7-8-24-47(42)48)46-38-39-55-54-30-14-16-33-57(54)60(58(55)40-46)44-22-5-2-6-23-44/h1-40H. The third-order valence-electron chi connectivity index (χ3n) is 11.8. The monoisotopic (exact) mass is 764 g/mol. The molecule has 0 bridgehead atoms. The average Bonchev–Trinajstić information content (AvgIpc) is 3.66. The first-order chi connectivity index (χ1) is 29.8. The van der Waals surface area contributed by atoms with Gasteiger partial charge in [-0.25, -0.2) is 0 Å². The van der Waals surface area contributed by atoms with Gasteiger partial charge in [0.25, 0.3) is 0 Å². The Morgan fingerprint density at radius 3 is 1.55 bits per heavy atom. The zero-order valence-corrected chi connectivity index (χ0v) is 33.0. The molecule has 0 aliphatic carbocycles. The topological polar surface area (TPSA) is 8.17 Å². The molecule has 1 aromatic heterocycles. The van der Waals surface area contributed by atoms with Crippen molar-refractivity contribution < 1.29 is 0 Å². The Hall–Kier alpha value is -7.94. The molecule has 0 radical (unpaired) electrons. The lowest BCUT2D eigenvalue weighted by atomic mass is 9.88. The number of hydrogen-bond donors (Lipinski definition) is 0. The highest BCUT2D eigenvalue weighted by Crippen LogP contribution is 2.46. The van der Waals surface area contributed by atoms with Crippen LogP contribution in [0.2, 0.25) is 0 Å². The SMILES string of the molecule is c1ccc(-c2ccccc2-c2ccccc2-c2ccccc2N(c2ccc(-c3cccc4ccccc34)cc2)c2ccc3c4ccccc4n(-c4ccccc4)c3c2)cc1. The summed E-state index contributed by atoms with van der Waals surface area (Å²) >= 11 is 0. The van der Waals surface area contributed by atoms with Crippen LogP contribution in [0.3, 0.4) is 0 Å². The molecule has 0 saturated heterocycles. The van der Waals surface area contributed by atoms with Crippen LogP contribution < -0.4 is 4.90 Å². The minimum absolute atomic E-state index is 1.08. The second kappa shape index (κ2) is 15.1. The third-order valence-corrected chi connectivity index (χ3v) is 11.8. The van der Waals surface area contributed by atoms with E-state index in [1.165, 1.54) is 66.0 Å². The third kappa shape index (κ3) is 6.14. The zero-order valence-electron chi connectivity index (χ0n) is 33.0. The van der Waals surface area contributed by atoms with Crippen molar-refractivity contribution in [3.8, 4) is 50.2 Å². The molecule has 0 aliphatic rings. The maximum Gasteiger partial charge on any atom is 0.0561 e. The summed E-state index contributed by atoms with van der Waals surface area (Å²) < 4.78 is 2.40. The highest BCUT2D eigenvalue weighted by Gasteiger charge is 2.22. The Balaban J connectivity index is 1.14. The van der Waals surface area contributed by atoms with Gasteiger partial charge >= 0.3 is 0 Å². The van der Waals surface area contributed by atoms with Gasteiger partial charge in [-0.3, -0.25) is 0 Å². The van der Waals surface area contributed by atoms with E-state index in [2.05, 4.69) is 252 Å². The molecular weight excluding hydrogens is 725 g/mol. The number of para-hydroxylation sites is 3. The molecule has 0 spiro atoms. The molecule has 1 heterocycles. The Labute approximate surface area is 350 Å². The second-order valence-corrected chi connectivity index (χ2v) is 15.3. The Bertz CT molecular complexity index is 3300. The van der Waals surface area contributed by atoms with E-state index in [1.807, 2.05) is 0 Å². The summed E-state index contributed by atoms with van der Waals surface area (Å²) in [6, 6.07) is 87.9. The number of fused-ring (bicyclic) bond motifs is 4. The van der Waals surface area contributed by atoms with Crippen molar-refractivity contribution in [2.24, 2.45) is 0 Å². The molecule has 0 fully saturated rings. The van der Waals surface area contributed by atoms with Gasteiger partial charge in [-0.05, 0) is 98.2 Å². The van der Waals surface area contributed by atoms with Crippen LogP contribution in [0.5, 0.6) is 0 Å². The van der Waals surface area contributed by atoms with Gasteiger partial charge in [-0.1, -0.05) is 194 Å². The fourth-order valence-corrected chi connectivity index (χ4v) is 9.08. The van der Waals surface area contributed by atoms with Gasteiger partial charge in [0.05, 0.1) is 16.7 Å². The first kappa shape index (κ1) is 35.2. The normalized spacial score (nSPS) is 11.3. The summed E-state index contributed by atoms with van der Waals surface area (Å²) in [6.45, 7) is 0. The first-order valence-electron chi connectivity index (χ1n) is 20.6. The maximum absolute atomic E-state index is 2.44. The molecule has 0 aliphatic heterocycles. The molecule has 0 N–H and O–H groups in total. The summed E-state index contributed by atoms with van der Waals surface area (Å²) in [6.07, 6.45) is 0. The van der Waals surface area contributed by atoms with Gasteiger partial charge in [0, 0.05) is 33.4 Å². The zero-order chi connectivity index (χ0) is 39.8. The number of aromatic nitrogens is 1. The van der Waals surface area contributed by atoms with Crippen LogP contribution in [0.1, 0.15) is 0 Å². The van der Waals surface area contributed by atoms with E-state index in [0.717, 1.165) is 33.8 Å². The smallest absolute Gasteiger partial charge is 0.0561 e. The van der Waals surface area contributed by atoms with Crippen LogP contribution in [-0.2, 0) is 0 Å². The molecule has 0 saturated carbocycles. The van der Waals surface area contributed by atoms with Crippen molar-refractivity contribution >= 4 is 49.6 Å². The lowest BCUT2D eigenvalue weighted by molar-refractivity contribution is 1.18.